The van der Waals surface area contributed by atoms with Crippen molar-refractivity contribution in [3.8, 4) is 11.8 Å². The van der Waals surface area contributed by atoms with Crippen LogP contribution in [0.15, 0.2) is 73.1 Å². The van der Waals surface area contributed by atoms with Crippen molar-refractivity contribution in [1.29, 1.82) is 5.26 Å². The van der Waals surface area contributed by atoms with Crippen molar-refractivity contribution in [2.24, 2.45) is 0 Å². The molecule has 2 aromatic carbocycles. The Hall–Kier alpha value is -4.14. The summed E-state index contributed by atoms with van der Waals surface area (Å²) in [5, 5.41) is 18.3. The van der Waals surface area contributed by atoms with Gasteiger partial charge in [-0.2, -0.15) is 10.4 Å². The number of hydrogen-bond donors (Lipinski definition) is 1. The van der Waals surface area contributed by atoms with Crippen LogP contribution in [0.3, 0.4) is 0 Å². The second kappa shape index (κ2) is 28.0. The highest BCUT2D eigenvalue weighted by molar-refractivity contribution is 7.49. The highest BCUT2D eigenvalue weighted by Crippen LogP contribution is 2.55. The lowest BCUT2D eigenvalue weighted by Gasteiger charge is -2.30. The molecule has 2 saturated heterocycles. The summed E-state index contributed by atoms with van der Waals surface area (Å²) in [6.07, 6.45) is 17.5. The largest absolute Gasteiger partial charge is 0.530 e. The summed E-state index contributed by atoms with van der Waals surface area (Å²) in [7, 11) is -4.65. The van der Waals surface area contributed by atoms with Crippen molar-refractivity contribution in [2.75, 3.05) is 31.7 Å². The maximum Gasteiger partial charge on any atom is 0.530 e. The van der Waals surface area contributed by atoms with Gasteiger partial charge in [-0.15, -0.1) is 0 Å². The van der Waals surface area contributed by atoms with Gasteiger partial charge in [-0.25, -0.2) is 18.9 Å². The molecule has 2 aliphatic heterocycles. The molecule has 0 bridgehead atoms. The van der Waals surface area contributed by atoms with Crippen molar-refractivity contribution in [1.82, 2.24) is 14.6 Å². The molecular weight excluding hydrogens is 961 g/mol. The van der Waals surface area contributed by atoms with E-state index < -0.39 is 61.9 Å². The van der Waals surface area contributed by atoms with Crippen LogP contribution in [0, 0.1) is 11.3 Å². The van der Waals surface area contributed by atoms with Crippen molar-refractivity contribution < 1.29 is 51.4 Å². The summed E-state index contributed by atoms with van der Waals surface area (Å²) in [5.41, 5.74) is -0.846. The topological polar surface area (TPSA) is 183 Å². The van der Waals surface area contributed by atoms with Crippen LogP contribution in [-0.4, -0.2) is 82.4 Å². The van der Waals surface area contributed by atoms with E-state index in [1.165, 1.54) is 100 Å². The lowest BCUT2D eigenvalue weighted by Crippen LogP contribution is -2.46. The third kappa shape index (κ3) is 17.5. The number of fused-ring (bicyclic) bond motifs is 2. The number of nitrogens with zero attached hydrogens (tertiary/aromatic N) is 4. The number of rotatable bonds is 32. The van der Waals surface area contributed by atoms with Crippen LogP contribution in [0.5, 0.6) is 5.75 Å². The maximum atomic E-state index is 15.0. The Morgan fingerprint density at radius 2 is 1.49 bits per heavy atom. The van der Waals surface area contributed by atoms with E-state index in [1.54, 1.807) is 65.0 Å². The number of nitrogens with one attached hydrogen (secondary N) is 1. The summed E-state index contributed by atoms with van der Waals surface area (Å²) >= 11 is 6.52. The van der Waals surface area contributed by atoms with Crippen LogP contribution in [0.2, 0.25) is 5.02 Å². The summed E-state index contributed by atoms with van der Waals surface area (Å²) in [6.45, 7) is 11.0. The van der Waals surface area contributed by atoms with E-state index in [9.17, 15) is 14.6 Å². The molecule has 4 aromatic rings. The summed E-state index contributed by atoms with van der Waals surface area (Å²) in [6, 6.07) is 21.8. The minimum Gasteiger partial charge on any atom is -0.444 e. The van der Waals surface area contributed by atoms with E-state index in [-0.39, 0.29) is 36.4 Å². The molecular formula is C54H77ClN5O11P. The average Bonchev–Trinajstić information content (AvgIpc) is 4.01. The molecule has 72 heavy (non-hydrogen) atoms. The Balaban J connectivity index is 1.08. The molecule has 4 heterocycles. The standard InChI is InChI=1S/C54H77ClN5O11P/c1-7-8-9-10-11-12-13-14-15-16-17-18-19-20-21-27-34-63-36-42(64-35-41-28-23-22-24-29-41)37-65-72(62,71-46-31-26-25-30-43(46)55)66-39-54(38-56)49-48(67-53(5,6)69-49)47(68-54)44-32-33-45-50(57-40-58-60(44)45)59-51(61)70-52(2,3)4/h22-26,28-33,40,42,47-49H,7-21,27,34-37,39H2,1-6H3,(H,57,58,59,61)/t42-,47+,48+,49+,54-,72?/m1/s1. The Bertz CT molecular complexity index is 2360. The minimum absolute atomic E-state index is 0.0369. The predicted molar refractivity (Wildman–Crippen MR) is 276 cm³/mol. The van der Waals surface area contributed by atoms with Gasteiger partial charge in [0.1, 0.15) is 60.3 Å². The number of amides is 1. The van der Waals surface area contributed by atoms with Gasteiger partial charge < -0.3 is 32.9 Å². The Kier molecular flexibility index (Phi) is 22.2. The SMILES string of the molecule is CCCCCCCCCCCCCCCCCCOC[C@H](COP(=O)(OC[C@@]1(C#N)O[C@@H](c2ccc3c(NC(=O)OC(C)(C)C)ncnn23)[C@@H]2OC(C)(C)O[C@@H]21)Oc1ccccc1Cl)OCc1ccccc1. The number of phosphoric acid groups is 1. The zero-order valence-electron chi connectivity index (χ0n) is 43.2. The van der Waals surface area contributed by atoms with Gasteiger partial charge in [0.05, 0.1) is 30.5 Å². The van der Waals surface area contributed by atoms with Crippen molar-refractivity contribution in [3.05, 3.63) is 89.3 Å². The van der Waals surface area contributed by atoms with Crippen molar-refractivity contribution in [2.45, 2.75) is 192 Å². The zero-order valence-corrected chi connectivity index (χ0v) is 44.8. The highest BCUT2D eigenvalue weighted by atomic mass is 35.5. The second-order valence-electron chi connectivity index (χ2n) is 20.2. The number of anilines is 1. The van der Waals surface area contributed by atoms with Crippen LogP contribution >= 0.6 is 19.4 Å². The molecule has 1 amide bonds. The van der Waals surface area contributed by atoms with Crippen LogP contribution in [0.4, 0.5) is 10.6 Å². The first-order valence-corrected chi connectivity index (χ1v) is 27.8. The number of ether oxygens (including phenoxy) is 6. The van der Waals surface area contributed by atoms with Gasteiger partial charge in [-0.1, -0.05) is 157 Å². The summed E-state index contributed by atoms with van der Waals surface area (Å²) in [4.78, 5) is 17.0. The molecule has 16 nitrogen and oxygen atoms in total. The van der Waals surface area contributed by atoms with E-state index in [4.69, 9.17) is 53.6 Å². The van der Waals surface area contributed by atoms with Gasteiger partial charge in [-0.05, 0) is 70.9 Å². The van der Waals surface area contributed by atoms with Gasteiger partial charge in [-0.3, -0.25) is 14.4 Å². The van der Waals surface area contributed by atoms with Gasteiger partial charge in [0, 0.05) is 6.61 Å². The van der Waals surface area contributed by atoms with Crippen LogP contribution < -0.4 is 9.84 Å². The molecule has 18 heteroatoms. The fraction of sp³-hybridized carbons (Fsp3) is 0.630. The molecule has 6 atom stereocenters. The molecule has 0 aliphatic carbocycles. The highest BCUT2D eigenvalue weighted by Gasteiger charge is 2.65. The number of nitriles is 1. The molecule has 0 radical (unpaired) electrons. The number of aromatic nitrogens is 3. The number of benzene rings is 2. The monoisotopic (exact) mass is 1040 g/mol. The zero-order chi connectivity index (χ0) is 51.5. The smallest absolute Gasteiger partial charge is 0.444 e. The normalized spacial score (nSPS) is 20.7. The Labute approximate surface area is 431 Å². The van der Waals surface area contributed by atoms with Crippen molar-refractivity contribution in [3.63, 3.8) is 0 Å². The van der Waals surface area contributed by atoms with Gasteiger partial charge in [0.15, 0.2) is 11.6 Å². The first-order chi connectivity index (χ1) is 34.6. The van der Waals surface area contributed by atoms with Crippen LogP contribution in [0.25, 0.3) is 5.52 Å². The first kappa shape index (κ1) is 57.1. The minimum atomic E-state index is -4.65. The summed E-state index contributed by atoms with van der Waals surface area (Å²) in [5.74, 6) is -0.936. The third-order valence-corrected chi connectivity index (χ3v) is 14.1. The number of para-hydroxylation sites is 1. The molecule has 396 valence electrons. The fourth-order valence-corrected chi connectivity index (χ4v) is 10.4. The fourth-order valence-electron chi connectivity index (χ4n) is 8.84. The average molecular weight is 1040 g/mol. The van der Waals surface area contributed by atoms with E-state index in [0.29, 0.717) is 17.8 Å². The molecule has 1 unspecified atom stereocenters. The van der Waals surface area contributed by atoms with E-state index in [2.05, 4.69) is 28.4 Å². The van der Waals surface area contributed by atoms with Gasteiger partial charge >= 0.3 is 13.9 Å². The number of carbonyl (C=O) groups is 1. The number of hydrogen-bond acceptors (Lipinski definition) is 14. The van der Waals surface area contributed by atoms with E-state index >= 15 is 0 Å². The van der Waals surface area contributed by atoms with Crippen molar-refractivity contribution >= 4 is 36.9 Å². The molecule has 2 aliphatic rings. The molecule has 2 aromatic heterocycles. The Morgan fingerprint density at radius 3 is 2.12 bits per heavy atom. The third-order valence-electron chi connectivity index (χ3n) is 12.5. The number of halogens is 1. The Morgan fingerprint density at radius 1 is 0.847 bits per heavy atom. The molecule has 6 rings (SSSR count). The summed E-state index contributed by atoms with van der Waals surface area (Å²) < 4.78 is 71.9. The van der Waals surface area contributed by atoms with E-state index in [1.807, 2.05) is 30.3 Å². The molecule has 1 N–H and O–H groups in total. The second-order valence-corrected chi connectivity index (χ2v) is 22.2. The number of phosphoric ester groups is 1. The molecule has 2 fully saturated rings. The van der Waals surface area contributed by atoms with E-state index in [0.717, 1.165) is 24.8 Å². The first-order valence-electron chi connectivity index (χ1n) is 26.0. The van der Waals surface area contributed by atoms with Crippen LogP contribution in [-0.2, 0) is 48.6 Å². The number of unbranched alkanes of at least 4 members (excludes halogenated alkanes) is 15. The lowest BCUT2D eigenvalue weighted by molar-refractivity contribution is -0.204. The molecule has 0 saturated carbocycles. The maximum absolute atomic E-state index is 15.0. The predicted octanol–water partition coefficient (Wildman–Crippen LogP) is 13.7. The lowest BCUT2D eigenvalue weighted by atomic mass is 9.96. The number of carbonyl (C=O) groups excluding carboxylic acids is 1. The van der Waals surface area contributed by atoms with Gasteiger partial charge in [0.2, 0.25) is 5.60 Å². The van der Waals surface area contributed by atoms with Gasteiger partial charge in [0.25, 0.3) is 0 Å². The molecule has 0 spiro atoms. The quantitative estimate of drug-likeness (QED) is 0.0360. The van der Waals surface area contributed by atoms with Crippen LogP contribution in [0.1, 0.15) is 162 Å².